The van der Waals surface area contributed by atoms with E-state index < -0.39 is 6.10 Å². The average Bonchev–Trinajstić information content (AvgIpc) is 3.38. The molecule has 1 unspecified atom stereocenters. The Morgan fingerprint density at radius 1 is 0.812 bits per heavy atom. The molecule has 1 atom stereocenters. The largest absolute Gasteiger partial charge is 0.493 e. The van der Waals surface area contributed by atoms with Gasteiger partial charge in [-0.05, 0) is 61.1 Å². The summed E-state index contributed by atoms with van der Waals surface area (Å²) in [4.78, 5) is 15.8. The zero-order valence-corrected chi connectivity index (χ0v) is 19.3. The molecule has 1 N–H and O–H groups in total. The van der Waals surface area contributed by atoms with Crippen molar-refractivity contribution in [3.05, 3.63) is 59.2 Å². The lowest BCUT2D eigenvalue weighted by molar-refractivity contribution is 0.0518. The molecule has 2 saturated carbocycles. The van der Waals surface area contributed by atoms with Crippen molar-refractivity contribution in [3.63, 3.8) is 0 Å². The highest BCUT2D eigenvalue weighted by atomic mass is 16.5. The summed E-state index contributed by atoms with van der Waals surface area (Å²) in [6, 6.07) is 13.6. The Morgan fingerprint density at radius 2 is 1.34 bits per heavy atom. The molecule has 0 saturated heterocycles. The van der Waals surface area contributed by atoms with Gasteiger partial charge in [0.15, 0.2) is 11.5 Å². The van der Waals surface area contributed by atoms with Gasteiger partial charge >= 0.3 is 0 Å². The Morgan fingerprint density at radius 3 is 1.91 bits per heavy atom. The van der Waals surface area contributed by atoms with Crippen molar-refractivity contribution in [2.75, 3.05) is 14.2 Å². The maximum atomic E-state index is 13.6. The molecular formula is C27H35NO4. The van der Waals surface area contributed by atoms with E-state index in [1.165, 1.54) is 32.1 Å². The second-order valence-corrected chi connectivity index (χ2v) is 9.08. The average molecular weight is 438 g/mol. The van der Waals surface area contributed by atoms with E-state index >= 15 is 0 Å². The summed E-state index contributed by atoms with van der Waals surface area (Å²) in [6.45, 7) is 0. The van der Waals surface area contributed by atoms with Gasteiger partial charge in [-0.1, -0.05) is 50.3 Å². The molecular weight excluding hydrogens is 402 g/mol. The second-order valence-electron chi connectivity index (χ2n) is 9.08. The lowest BCUT2D eigenvalue weighted by Crippen LogP contribution is -2.47. The third-order valence-corrected chi connectivity index (χ3v) is 7.12. The standard InChI is InChI=1S/C27H35NO4/c1-31-24-17-16-21(18-25(24)32-2)26(29)19-12-14-20(15-13-19)27(30)28(23-10-6-7-11-23)22-8-4-3-5-9-22/h12-18,22-23,26,29H,3-11H2,1-2H3. The Bertz CT molecular complexity index is 898. The molecule has 32 heavy (non-hydrogen) atoms. The zero-order chi connectivity index (χ0) is 22.5. The van der Waals surface area contributed by atoms with Crippen LogP contribution in [0.3, 0.4) is 0 Å². The number of hydrogen-bond donors (Lipinski definition) is 1. The van der Waals surface area contributed by atoms with E-state index in [9.17, 15) is 9.90 Å². The summed E-state index contributed by atoms with van der Waals surface area (Å²) >= 11 is 0. The van der Waals surface area contributed by atoms with Crippen molar-refractivity contribution < 1.29 is 19.4 Å². The van der Waals surface area contributed by atoms with Gasteiger partial charge in [0.2, 0.25) is 0 Å². The van der Waals surface area contributed by atoms with Gasteiger partial charge < -0.3 is 19.5 Å². The van der Waals surface area contributed by atoms with Crippen LogP contribution in [0.2, 0.25) is 0 Å². The van der Waals surface area contributed by atoms with Crippen LogP contribution < -0.4 is 9.47 Å². The first-order chi connectivity index (χ1) is 15.6. The van der Waals surface area contributed by atoms with Gasteiger partial charge in [-0.25, -0.2) is 0 Å². The molecule has 2 fully saturated rings. The molecule has 2 aromatic rings. The van der Waals surface area contributed by atoms with E-state index in [1.807, 2.05) is 30.3 Å². The predicted molar refractivity (Wildman–Crippen MR) is 125 cm³/mol. The molecule has 2 aliphatic rings. The van der Waals surface area contributed by atoms with Crippen LogP contribution in [-0.2, 0) is 0 Å². The van der Waals surface area contributed by atoms with Gasteiger partial charge in [0.05, 0.1) is 14.2 Å². The topological polar surface area (TPSA) is 59.0 Å². The number of amides is 1. The van der Waals surface area contributed by atoms with E-state index in [2.05, 4.69) is 4.90 Å². The molecule has 0 aliphatic heterocycles. The highest BCUT2D eigenvalue weighted by Crippen LogP contribution is 2.34. The third-order valence-electron chi connectivity index (χ3n) is 7.12. The molecule has 172 valence electrons. The van der Waals surface area contributed by atoms with E-state index in [0.29, 0.717) is 29.1 Å². The summed E-state index contributed by atoms with van der Waals surface area (Å²) in [6.07, 6.45) is 9.85. The molecule has 0 radical (unpaired) electrons. The van der Waals surface area contributed by atoms with Gasteiger partial charge in [-0.3, -0.25) is 4.79 Å². The number of carbonyl (C=O) groups excluding carboxylic acids is 1. The summed E-state index contributed by atoms with van der Waals surface area (Å²) in [5, 5.41) is 10.9. The first kappa shape index (κ1) is 22.7. The molecule has 0 heterocycles. The molecule has 0 spiro atoms. The number of aliphatic hydroxyl groups excluding tert-OH is 1. The molecule has 4 rings (SSSR count). The molecule has 0 aromatic heterocycles. The molecule has 1 amide bonds. The number of carbonyl (C=O) groups is 1. The van der Waals surface area contributed by atoms with Gasteiger partial charge in [-0.2, -0.15) is 0 Å². The summed E-state index contributed by atoms with van der Waals surface area (Å²) < 4.78 is 10.6. The first-order valence-corrected chi connectivity index (χ1v) is 11.9. The van der Waals surface area contributed by atoms with Gasteiger partial charge in [0, 0.05) is 17.6 Å². The van der Waals surface area contributed by atoms with E-state index in [0.717, 1.165) is 36.8 Å². The van der Waals surface area contributed by atoms with Crippen LogP contribution in [-0.4, -0.2) is 42.2 Å². The fourth-order valence-electron chi connectivity index (χ4n) is 5.34. The predicted octanol–water partition coefficient (Wildman–Crippen LogP) is 5.50. The van der Waals surface area contributed by atoms with E-state index in [1.54, 1.807) is 26.4 Å². The quantitative estimate of drug-likeness (QED) is 0.621. The van der Waals surface area contributed by atoms with Crippen molar-refractivity contribution in [1.82, 2.24) is 4.90 Å². The molecule has 2 aromatic carbocycles. The van der Waals surface area contributed by atoms with Crippen molar-refractivity contribution in [2.24, 2.45) is 0 Å². The number of benzene rings is 2. The van der Waals surface area contributed by atoms with Crippen LogP contribution in [0.4, 0.5) is 0 Å². The fraction of sp³-hybridized carbons (Fsp3) is 0.519. The van der Waals surface area contributed by atoms with E-state index in [-0.39, 0.29) is 5.91 Å². The normalized spacial score (nSPS) is 18.3. The van der Waals surface area contributed by atoms with Crippen molar-refractivity contribution in [1.29, 1.82) is 0 Å². The monoisotopic (exact) mass is 437 g/mol. The first-order valence-electron chi connectivity index (χ1n) is 11.9. The van der Waals surface area contributed by atoms with Crippen LogP contribution >= 0.6 is 0 Å². The van der Waals surface area contributed by atoms with Gasteiger partial charge in [0.25, 0.3) is 5.91 Å². The van der Waals surface area contributed by atoms with Gasteiger partial charge in [0.1, 0.15) is 6.10 Å². The SMILES string of the molecule is COc1ccc(C(O)c2ccc(C(=O)N(C3CCCCC3)C3CCCC3)cc2)cc1OC. The highest BCUT2D eigenvalue weighted by Gasteiger charge is 2.33. The molecule has 0 bridgehead atoms. The van der Waals surface area contributed by atoms with Crippen LogP contribution in [0.1, 0.15) is 85.4 Å². The van der Waals surface area contributed by atoms with Gasteiger partial charge in [-0.15, -0.1) is 0 Å². The van der Waals surface area contributed by atoms with E-state index in [4.69, 9.17) is 9.47 Å². The Balaban J connectivity index is 1.53. The van der Waals surface area contributed by atoms with Crippen molar-refractivity contribution >= 4 is 5.91 Å². The van der Waals surface area contributed by atoms with Crippen LogP contribution in [0.15, 0.2) is 42.5 Å². The third kappa shape index (κ3) is 4.78. The maximum absolute atomic E-state index is 13.6. The van der Waals surface area contributed by atoms with Crippen molar-refractivity contribution in [3.8, 4) is 11.5 Å². The number of hydrogen-bond acceptors (Lipinski definition) is 4. The lowest BCUT2D eigenvalue weighted by atomic mass is 9.92. The van der Waals surface area contributed by atoms with Crippen molar-refractivity contribution in [2.45, 2.75) is 76.0 Å². The minimum atomic E-state index is -0.803. The highest BCUT2D eigenvalue weighted by molar-refractivity contribution is 5.94. The lowest BCUT2D eigenvalue weighted by Gasteiger charge is -2.39. The number of methoxy groups -OCH3 is 2. The minimum Gasteiger partial charge on any atom is -0.493 e. The smallest absolute Gasteiger partial charge is 0.254 e. The van der Waals surface area contributed by atoms with Crippen LogP contribution in [0, 0.1) is 0 Å². The van der Waals surface area contributed by atoms with Crippen LogP contribution in [0.5, 0.6) is 11.5 Å². The second kappa shape index (κ2) is 10.4. The summed E-state index contributed by atoms with van der Waals surface area (Å²) in [5.41, 5.74) is 2.18. The number of rotatable bonds is 7. The molecule has 2 aliphatic carbocycles. The maximum Gasteiger partial charge on any atom is 0.254 e. The van der Waals surface area contributed by atoms with Crippen LogP contribution in [0.25, 0.3) is 0 Å². The minimum absolute atomic E-state index is 0.149. The number of nitrogens with zero attached hydrogens (tertiary/aromatic N) is 1. The molecule has 5 heteroatoms. The fourth-order valence-corrected chi connectivity index (χ4v) is 5.34. The number of ether oxygens (including phenoxy) is 2. The molecule has 5 nitrogen and oxygen atoms in total. The summed E-state index contributed by atoms with van der Waals surface area (Å²) in [5.74, 6) is 1.35. The Kier molecular flexibility index (Phi) is 7.36. The summed E-state index contributed by atoms with van der Waals surface area (Å²) in [7, 11) is 3.17. The Hall–Kier alpha value is -2.53. The number of aliphatic hydroxyl groups is 1. The Labute approximate surface area is 191 Å². The zero-order valence-electron chi connectivity index (χ0n) is 19.3.